The van der Waals surface area contributed by atoms with E-state index in [1.54, 1.807) is 7.11 Å². The van der Waals surface area contributed by atoms with Crippen LogP contribution in [0.4, 0.5) is 14.5 Å². The minimum Gasteiger partial charge on any atom is -0.497 e. The zero-order valence-corrected chi connectivity index (χ0v) is 15.2. The van der Waals surface area contributed by atoms with Crippen molar-refractivity contribution in [2.24, 2.45) is 10.7 Å². The van der Waals surface area contributed by atoms with Crippen LogP contribution in [0.1, 0.15) is 18.4 Å². The SMILES string of the molecule is COc1ccc(C2(CN=C(N)Nc3cc(F)ccc3F)CCOCC2)cc1. The monoisotopic (exact) mass is 375 g/mol. The Morgan fingerprint density at radius 1 is 1.19 bits per heavy atom. The Kier molecular flexibility index (Phi) is 5.91. The molecule has 0 radical (unpaired) electrons. The molecule has 1 aliphatic rings. The van der Waals surface area contributed by atoms with Crippen molar-refractivity contribution in [1.29, 1.82) is 0 Å². The van der Waals surface area contributed by atoms with Gasteiger partial charge in [0.05, 0.1) is 19.3 Å². The predicted octanol–water partition coefficient (Wildman–Crippen LogP) is 3.45. The van der Waals surface area contributed by atoms with Crippen LogP contribution in [-0.4, -0.2) is 32.8 Å². The molecule has 7 heteroatoms. The van der Waals surface area contributed by atoms with Crippen molar-refractivity contribution in [2.45, 2.75) is 18.3 Å². The summed E-state index contributed by atoms with van der Waals surface area (Å²) in [4.78, 5) is 4.41. The Bertz CT molecular complexity index is 803. The first-order valence-electron chi connectivity index (χ1n) is 8.77. The van der Waals surface area contributed by atoms with E-state index in [0.717, 1.165) is 42.4 Å². The van der Waals surface area contributed by atoms with Crippen LogP contribution in [-0.2, 0) is 10.2 Å². The molecular formula is C20H23F2N3O2. The summed E-state index contributed by atoms with van der Waals surface area (Å²) in [6.07, 6.45) is 1.59. The van der Waals surface area contributed by atoms with Gasteiger partial charge in [-0.05, 0) is 42.7 Å². The van der Waals surface area contributed by atoms with E-state index >= 15 is 0 Å². The second-order valence-electron chi connectivity index (χ2n) is 6.57. The molecule has 0 saturated carbocycles. The molecular weight excluding hydrogens is 352 g/mol. The normalized spacial score (nSPS) is 16.8. The number of methoxy groups -OCH3 is 1. The van der Waals surface area contributed by atoms with Crippen LogP contribution in [0.5, 0.6) is 5.75 Å². The van der Waals surface area contributed by atoms with Crippen molar-refractivity contribution in [3.05, 3.63) is 59.7 Å². The van der Waals surface area contributed by atoms with E-state index in [1.165, 1.54) is 0 Å². The topological polar surface area (TPSA) is 68.9 Å². The van der Waals surface area contributed by atoms with Gasteiger partial charge >= 0.3 is 0 Å². The van der Waals surface area contributed by atoms with E-state index in [1.807, 2.05) is 24.3 Å². The van der Waals surface area contributed by atoms with Gasteiger partial charge in [-0.15, -0.1) is 0 Å². The van der Waals surface area contributed by atoms with Crippen molar-refractivity contribution in [3.63, 3.8) is 0 Å². The molecule has 3 N–H and O–H groups in total. The lowest BCUT2D eigenvalue weighted by atomic mass is 9.74. The Hall–Kier alpha value is -2.67. The molecule has 2 aromatic carbocycles. The van der Waals surface area contributed by atoms with Crippen molar-refractivity contribution >= 4 is 11.6 Å². The summed E-state index contributed by atoms with van der Waals surface area (Å²) in [6, 6.07) is 11.0. The zero-order valence-electron chi connectivity index (χ0n) is 15.2. The number of nitrogens with one attached hydrogen (secondary N) is 1. The highest BCUT2D eigenvalue weighted by Gasteiger charge is 2.34. The summed E-state index contributed by atoms with van der Waals surface area (Å²) >= 11 is 0. The molecule has 0 unspecified atom stereocenters. The quantitative estimate of drug-likeness (QED) is 0.620. The summed E-state index contributed by atoms with van der Waals surface area (Å²) in [5.74, 6) is -0.317. The lowest BCUT2D eigenvalue weighted by Crippen LogP contribution is -2.38. The number of benzene rings is 2. The molecule has 0 spiro atoms. The first-order valence-corrected chi connectivity index (χ1v) is 8.77. The molecule has 1 aliphatic heterocycles. The smallest absolute Gasteiger partial charge is 0.193 e. The van der Waals surface area contributed by atoms with E-state index < -0.39 is 11.6 Å². The first-order chi connectivity index (χ1) is 13.0. The number of hydrogen-bond acceptors (Lipinski definition) is 3. The summed E-state index contributed by atoms with van der Waals surface area (Å²) in [7, 11) is 1.63. The highest BCUT2D eigenvalue weighted by atomic mass is 19.1. The molecule has 1 saturated heterocycles. The van der Waals surface area contributed by atoms with E-state index in [2.05, 4.69) is 10.3 Å². The molecule has 27 heavy (non-hydrogen) atoms. The van der Waals surface area contributed by atoms with E-state index in [9.17, 15) is 8.78 Å². The molecule has 1 heterocycles. The third-order valence-electron chi connectivity index (χ3n) is 4.90. The second-order valence-corrected chi connectivity index (χ2v) is 6.57. The molecule has 0 atom stereocenters. The fourth-order valence-electron chi connectivity index (χ4n) is 3.25. The fraction of sp³-hybridized carbons (Fsp3) is 0.350. The zero-order chi connectivity index (χ0) is 19.3. The van der Waals surface area contributed by atoms with Crippen LogP contribution in [0, 0.1) is 11.6 Å². The van der Waals surface area contributed by atoms with E-state index in [-0.39, 0.29) is 17.1 Å². The Labute approximate surface area is 157 Å². The number of nitrogens with two attached hydrogens (primary N) is 1. The Balaban J connectivity index is 1.79. The average molecular weight is 375 g/mol. The largest absolute Gasteiger partial charge is 0.497 e. The van der Waals surface area contributed by atoms with Crippen LogP contribution >= 0.6 is 0 Å². The number of aliphatic imine (C=N–C) groups is 1. The number of guanidine groups is 1. The Morgan fingerprint density at radius 2 is 1.89 bits per heavy atom. The summed E-state index contributed by atoms with van der Waals surface area (Å²) in [5.41, 5.74) is 6.78. The van der Waals surface area contributed by atoms with E-state index in [4.69, 9.17) is 15.2 Å². The molecule has 1 fully saturated rings. The van der Waals surface area contributed by atoms with Gasteiger partial charge in [0.25, 0.3) is 0 Å². The van der Waals surface area contributed by atoms with Gasteiger partial charge in [-0.25, -0.2) is 8.78 Å². The molecule has 5 nitrogen and oxygen atoms in total. The number of nitrogens with zero attached hydrogens (tertiary/aromatic N) is 1. The molecule has 144 valence electrons. The summed E-state index contributed by atoms with van der Waals surface area (Å²) in [6.45, 7) is 1.68. The number of halogens is 2. The molecule has 0 aromatic heterocycles. The lowest BCUT2D eigenvalue weighted by molar-refractivity contribution is 0.0531. The highest BCUT2D eigenvalue weighted by Crippen LogP contribution is 2.36. The molecule has 2 aromatic rings. The van der Waals surface area contributed by atoms with Gasteiger partial charge in [0, 0.05) is 24.7 Å². The van der Waals surface area contributed by atoms with Gasteiger partial charge in [0.1, 0.15) is 17.4 Å². The van der Waals surface area contributed by atoms with Gasteiger partial charge in [0.2, 0.25) is 0 Å². The van der Waals surface area contributed by atoms with Gasteiger partial charge in [0.15, 0.2) is 5.96 Å². The van der Waals surface area contributed by atoms with Crippen molar-refractivity contribution in [2.75, 3.05) is 32.2 Å². The number of hydrogen-bond donors (Lipinski definition) is 2. The van der Waals surface area contributed by atoms with Gasteiger partial charge in [-0.1, -0.05) is 12.1 Å². The summed E-state index contributed by atoms with van der Waals surface area (Å²) < 4.78 is 37.8. The molecule has 0 aliphatic carbocycles. The number of ether oxygens (including phenoxy) is 2. The van der Waals surface area contributed by atoms with Gasteiger partial charge in [-0.2, -0.15) is 0 Å². The van der Waals surface area contributed by atoms with Crippen LogP contribution in [0.2, 0.25) is 0 Å². The van der Waals surface area contributed by atoms with Crippen LogP contribution in [0.15, 0.2) is 47.5 Å². The molecule has 0 amide bonds. The standard InChI is InChI=1S/C20H23F2N3O2/c1-26-16-5-2-14(3-6-16)20(8-10-27-11-9-20)13-24-19(23)25-18-12-15(21)4-7-17(18)22/h2-7,12H,8-11,13H2,1H3,(H3,23,24,25). The number of anilines is 1. The third kappa shape index (κ3) is 4.54. The fourth-order valence-corrected chi connectivity index (χ4v) is 3.25. The minimum absolute atomic E-state index is 0.0401. The Morgan fingerprint density at radius 3 is 2.56 bits per heavy atom. The second kappa shape index (κ2) is 8.35. The van der Waals surface area contributed by atoms with Crippen molar-refractivity contribution < 1.29 is 18.3 Å². The van der Waals surface area contributed by atoms with Crippen LogP contribution < -0.4 is 15.8 Å². The van der Waals surface area contributed by atoms with Gasteiger partial charge in [-0.3, -0.25) is 4.99 Å². The third-order valence-corrected chi connectivity index (χ3v) is 4.90. The maximum absolute atomic E-state index is 13.8. The maximum Gasteiger partial charge on any atom is 0.193 e. The van der Waals surface area contributed by atoms with E-state index in [0.29, 0.717) is 19.8 Å². The lowest BCUT2D eigenvalue weighted by Gasteiger charge is -2.36. The molecule has 3 rings (SSSR count). The minimum atomic E-state index is -0.592. The predicted molar refractivity (Wildman–Crippen MR) is 101 cm³/mol. The molecule has 0 bridgehead atoms. The van der Waals surface area contributed by atoms with Crippen LogP contribution in [0.3, 0.4) is 0 Å². The number of rotatable bonds is 5. The first kappa shape index (κ1) is 19.1. The van der Waals surface area contributed by atoms with Crippen molar-refractivity contribution in [1.82, 2.24) is 0 Å². The van der Waals surface area contributed by atoms with Gasteiger partial charge < -0.3 is 20.5 Å². The maximum atomic E-state index is 13.8. The van der Waals surface area contributed by atoms with Crippen molar-refractivity contribution in [3.8, 4) is 5.75 Å². The highest BCUT2D eigenvalue weighted by molar-refractivity contribution is 5.92. The summed E-state index contributed by atoms with van der Waals surface area (Å²) in [5, 5.41) is 2.64. The van der Waals surface area contributed by atoms with Crippen LogP contribution in [0.25, 0.3) is 0 Å². The average Bonchev–Trinajstić information content (AvgIpc) is 2.70.